The first-order valence-corrected chi connectivity index (χ1v) is 20.4. The lowest BCUT2D eigenvalue weighted by molar-refractivity contribution is 0.330. The highest BCUT2D eigenvalue weighted by Crippen LogP contribution is 2.45. The zero-order chi connectivity index (χ0) is 31.0. The lowest BCUT2D eigenvalue weighted by Crippen LogP contribution is -2.41. The van der Waals surface area contributed by atoms with Crippen molar-refractivity contribution in [3.05, 3.63) is 64.0 Å². The second kappa shape index (κ2) is 12.0. The quantitative estimate of drug-likeness (QED) is 0.187. The molecule has 3 N–H and O–H groups in total. The van der Waals surface area contributed by atoms with Crippen molar-refractivity contribution in [1.29, 1.82) is 5.26 Å². The molecule has 0 aliphatic carbocycles. The van der Waals surface area contributed by atoms with Gasteiger partial charge in [0.25, 0.3) is 0 Å². The minimum absolute atomic E-state index is 0.00919. The number of nitrogens with zero attached hydrogens (tertiary/aromatic N) is 3. The Morgan fingerprint density at radius 3 is 2.24 bits per heavy atom. The van der Waals surface area contributed by atoms with Gasteiger partial charge in [-0.05, 0) is 97.3 Å². The summed E-state index contributed by atoms with van der Waals surface area (Å²) < 4.78 is 6.33. The Balaban J connectivity index is 2.00. The third-order valence-corrected chi connectivity index (χ3v) is 16.6. The molecule has 0 fully saturated rings. The van der Waals surface area contributed by atoms with Gasteiger partial charge in [-0.1, -0.05) is 58.4 Å². The van der Waals surface area contributed by atoms with Crippen molar-refractivity contribution in [2.45, 2.75) is 96.7 Å². The van der Waals surface area contributed by atoms with Crippen molar-refractivity contribution in [1.82, 2.24) is 10.2 Å². The van der Waals surface area contributed by atoms with Gasteiger partial charge in [-0.2, -0.15) is 5.26 Å². The van der Waals surface area contributed by atoms with Crippen LogP contribution in [0.2, 0.25) is 41.3 Å². The van der Waals surface area contributed by atoms with E-state index < -0.39 is 16.6 Å². The molecule has 2 aromatic carbocycles. The molecule has 0 unspecified atom stereocenters. The van der Waals surface area contributed by atoms with Crippen molar-refractivity contribution < 1.29 is 14.0 Å². The van der Waals surface area contributed by atoms with E-state index in [9.17, 15) is 14.9 Å². The first-order chi connectivity index (χ1) is 18.8. The van der Waals surface area contributed by atoms with Gasteiger partial charge in [0.15, 0.2) is 16.6 Å². The summed E-state index contributed by atoms with van der Waals surface area (Å²) in [5, 5.41) is 21.8. The summed E-state index contributed by atoms with van der Waals surface area (Å²) in [5.74, 6) is 0.870. The molecule has 222 valence electrons. The van der Waals surface area contributed by atoms with Crippen molar-refractivity contribution in [2.24, 2.45) is 5.92 Å². The molecule has 0 aliphatic rings. The van der Waals surface area contributed by atoms with E-state index in [0.29, 0.717) is 22.4 Å². The lowest BCUT2D eigenvalue weighted by Gasteiger charge is -2.38. The first kappa shape index (κ1) is 33.0. The zero-order valence-electron chi connectivity index (χ0n) is 26.1. The average Bonchev–Trinajstić information content (AvgIpc) is 3.33. The smallest absolute Gasteiger partial charge is 0.247 e. The molecule has 3 rings (SSSR count). The summed E-state index contributed by atoms with van der Waals surface area (Å²) >= 11 is 6.49. The summed E-state index contributed by atoms with van der Waals surface area (Å²) in [6.07, 6.45) is 1.47. The summed E-state index contributed by atoms with van der Waals surface area (Å²) in [4.78, 5) is 21.8. The Bertz CT molecular complexity index is 1420. The molecule has 7 nitrogen and oxygen atoms in total. The standard InChI is InChI=1S/C31H45ClN4O3Si2/c1-20(17-30(3,4)40(7,8)37)27(34-25-15-14-24(19-33)26(32)21(25)2)29-36-35-28(39-29)23-13-11-12-22(16-23)18-31(5,6)41(9,10)38/h11-16,20,27,34,37-38H,17-18H2,1-10H3/t20-,27+/m0/s1. The van der Waals surface area contributed by atoms with E-state index in [-0.39, 0.29) is 22.0 Å². The topological polar surface area (TPSA) is 115 Å². The Morgan fingerprint density at radius 2 is 1.66 bits per heavy atom. The van der Waals surface area contributed by atoms with Crippen LogP contribution >= 0.6 is 11.6 Å². The first-order valence-electron chi connectivity index (χ1n) is 14.1. The SMILES string of the molecule is Cc1c(N[C@@H](c2nnc(-c3cccc(CC(C)(C)[Si](C)(C)O)c3)o2)[C@@H](C)CC(C)(C)[Si](C)(C)O)ccc(C#N)c1Cl. The number of nitrogens with one attached hydrogen (secondary N) is 1. The number of nitriles is 1. The van der Waals surface area contributed by atoms with Gasteiger partial charge in [-0.15, -0.1) is 10.2 Å². The minimum Gasteiger partial charge on any atom is -0.432 e. The summed E-state index contributed by atoms with van der Waals surface area (Å²) in [7, 11) is -4.85. The number of hydrogen-bond donors (Lipinski definition) is 3. The number of anilines is 1. The molecular weight excluding hydrogens is 568 g/mol. The number of benzene rings is 2. The van der Waals surface area contributed by atoms with Crippen LogP contribution in [0.5, 0.6) is 0 Å². The number of aromatic nitrogens is 2. The van der Waals surface area contributed by atoms with Gasteiger partial charge in [0.05, 0.1) is 10.6 Å². The fourth-order valence-electron chi connectivity index (χ4n) is 4.73. The van der Waals surface area contributed by atoms with Gasteiger partial charge in [-0.3, -0.25) is 0 Å². The predicted molar refractivity (Wildman–Crippen MR) is 172 cm³/mol. The molecule has 0 saturated carbocycles. The van der Waals surface area contributed by atoms with Crippen molar-refractivity contribution in [3.63, 3.8) is 0 Å². The highest BCUT2D eigenvalue weighted by molar-refractivity contribution is 6.73. The molecule has 0 saturated heterocycles. The third kappa shape index (κ3) is 7.48. The monoisotopic (exact) mass is 612 g/mol. The lowest BCUT2D eigenvalue weighted by atomic mass is 9.90. The van der Waals surface area contributed by atoms with E-state index in [1.54, 1.807) is 6.07 Å². The Morgan fingerprint density at radius 1 is 1.02 bits per heavy atom. The maximum atomic E-state index is 11.0. The number of hydrogen-bond acceptors (Lipinski definition) is 7. The van der Waals surface area contributed by atoms with E-state index in [1.165, 1.54) is 0 Å². The maximum Gasteiger partial charge on any atom is 0.247 e. The minimum atomic E-state index is -2.47. The van der Waals surface area contributed by atoms with Crippen LogP contribution in [0, 0.1) is 24.2 Å². The van der Waals surface area contributed by atoms with E-state index in [4.69, 9.17) is 16.0 Å². The van der Waals surface area contributed by atoms with Crippen LogP contribution in [-0.4, -0.2) is 36.4 Å². The van der Waals surface area contributed by atoms with Gasteiger partial charge in [0.2, 0.25) is 11.8 Å². The van der Waals surface area contributed by atoms with Gasteiger partial charge >= 0.3 is 0 Å². The van der Waals surface area contributed by atoms with E-state index in [1.807, 2.05) is 51.3 Å². The molecule has 41 heavy (non-hydrogen) atoms. The fourth-order valence-corrected chi connectivity index (χ4v) is 6.40. The van der Waals surface area contributed by atoms with Crippen molar-refractivity contribution in [3.8, 4) is 17.5 Å². The van der Waals surface area contributed by atoms with Crippen LogP contribution in [0.4, 0.5) is 5.69 Å². The highest BCUT2D eigenvalue weighted by atomic mass is 35.5. The Labute approximate surface area is 252 Å². The average molecular weight is 613 g/mol. The zero-order valence-corrected chi connectivity index (χ0v) is 28.8. The van der Waals surface area contributed by atoms with Crippen LogP contribution in [0.3, 0.4) is 0 Å². The molecule has 0 bridgehead atoms. The Hall–Kier alpha value is -2.49. The highest BCUT2D eigenvalue weighted by Gasteiger charge is 2.41. The summed E-state index contributed by atoms with van der Waals surface area (Å²) in [5.41, 5.74) is 3.89. The third-order valence-electron chi connectivity index (χ3n) is 9.06. The molecule has 3 aromatic rings. The maximum absolute atomic E-state index is 11.0. The Kier molecular flexibility index (Phi) is 9.68. The second-order valence-electron chi connectivity index (χ2n) is 13.7. The van der Waals surface area contributed by atoms with Crippen LogP contribution < -0.4 is 5.32 Å². The number of rotatable bonds is 11. The fraction of sp³-hybridized carbons (Fsp3) is 0.516. The predicted octanol–water partition coefficient (Wildman–Crippen LogP) is 8.25. The van der Waals surface area contributed by atoms with Crippen LogP contribution in [0.15, 0.2) is 40.8 Å². The normalized spacial score (nSPS) is 14.4. The van der Waals surface area contributed by atoms with Gasteiger partial charge < -0.3 is 19.3 Å². The second-order valence-corrected chi connectivity index (χ2v) is 23.0. The molecule has 10 heteroatoms. The molecule has 0 radical (unpaired) electrons. The molecule has 1 heterocycles. The van der Waals surface area contributed by atoms with Crippen molar-refractivity contribution in [2.75, 3.05) is 5.32 Å². The largest absolute Gasteiger partial charge is 0.432 e. The summed E-state index contributed by atoms with van der Waals surface area (Å²) in [6.45, 7) is 20.3. The summed E-state index contributed by atoms with van der Waals surface area (Å²) in [6, 6.07) is 13.4. The molecular formula is C31H45ClN4O3Si2. The van der Waals surface area contributed by atoms with Gasteiger partial charge in [-0.25, -0.2) is 0 Å². The van der Waals surface area contributed by atoms with Gasteiger partial charge in [0, 0.05) is 11.3 Å². The molecule has 2 atom stereocenters. The van der Waals surface area contributed by atoms with Crippen molar-refractivity contribution >= 4 is 33.9 Å². The molecule has 0 amide bonds. The van der Waals surface area contributed by atoms with E-state index in [2.05, 4.69) is 68.3 Å². The molecule has 1 aromatic heterocycles. The van der Waals surface area contributed by atoms with E-state index >= 15 is 0 Å². The molecule has 0 aliphatic heterocycles. The van der Waals surface area contributed by atoms with Crippen LogP contribution in [0.1, 0.15) is 69.7 Å². The van der Waals surface area contributed by atoms with Crippen LogP contribution in [0.25, 0.3) is 11.5 Å². The van der Waals surface area contributed by atoms with Crippen LogP contribution in [-0.2, 0) is 6.42 Å². The van der Waals surface area contributed by atoms with E-state index in [0.717, 1.165) is 35.2 Å². The van der Waals surface area contributed by atoms with Gasteiger partial charge in [0.1, 0.15) is 12.1 Å². The molecule has 0 spiro atoms. The number of halogens is 1.